The largest absolute Gasteiger partial charge is 0.354 e. The summed E-state index contributed by atoms with van der Waals surface area (Å²) in [4.78, 5) is 27.6. The van der Waals surface area contributed by atoms with Crippen LogP contribution in [0.2, 0.25) is 0 Å². The number of hydrogen-bond acceptors (Lipinski definition) is 2. The summed E-state index contributed by atoms with van der Waals surface area (Å²) < 4.78 is 0. The fourth-order valence-electron chi connectivity index (χ4n) is 3.47. The summed E-state index contributed by atoms with van der Waals surface area (Å²) in [7, 11) is 0. The minimum atomic E-state index is -0.504. The smallest absolute Gasteiger partial charge is 0.242 e. The highest BCUT2D eigenvalue weighted by molar-refractivity contribution is 5.88. The predicted molar refractivity (Wildman–Crippen MR) is 119 cm³/mol. The molecule has 0 aliphatic heterocycles. The maximum atomic E-state index is 13.2. The van der Waals surface area contributed by atoms with Gasteiger partial charge in [0.25, 0.3) is 0 Å². The SMILES string of the molecule is Cc1cc(C)cc(CC(=O)N(CCc2ccccc2)[C@@H](C)C(=O)NCC(C)C)c1. The third-order valence-corrected chi connectivity index (χ3v) is 4.97. The molecule has 0 aromatic heterocycles. The number of carbonyl (C=O) groups excluding carboxylic acids is 2. The van der Waals surface area contributed by atoms with Crippen molar-refractivity contribution >= 4 is 11.8 Å². The van der Waals surface area contributed by atoms with E-state index in [9.17, 15) is 9.59 Å². The predicted octanol–water partition coefficient (Wildman–Crippen LogP) is 4.08. The molecule has 0 unspecified atom stereocenters. The molecule has 0 saturated heterocycles. The van der Waals surface area contributed by atoms with E-state index in [1.54, 1.807) is 4.90 Å². The van der Waals surface area contributed by atoms with Crippen molar-refractivity contribution < 1.29 is 9.59 Å². The zero-order chi connectivity index (χ0) is 21.4. The fourth-order valence-corrected chi connectivity index (χ4v) is 3.47. The Hall–Kier alpha value is -2.62. The summed E-state index contributed by atoms with van der Waals surface area (Å²) in [5, 5.41) is 2.96. The van der Waals surface area contributed by atoms with Gasteiger partial charge in [-0.2, -0.15) is 0 Å². The number of nitrogens with zero attached hydrogens (tertiary/aromatic N) is 1. The third-order valence-electron chi connectivity index (χ3n) is 4.97. The van der Waals surface area contributed by atoms with Gasteiger partial charge in [0.2, 0.25) is 11.8 Å². The molecule has 2 amide bonds. The lowest BCUT2D eigenvalue weighted by atomic mass is 10.0. The molecule has 0 aliphatic carbocycles. The van der Waals surface area contributed by atoms with Crippen LogP contribution >= 0.6 is 0 Å². The maximum absolute atomic E-state index is 13.2. The average Bonchev–Trinajstić information content (AvgIpc) is 2.66. The lowest BCUT2D eigenvalue weighted by molar-refractivity contribution is -0.139. The number of amides is 2. The monoisotopic (exact) mass is 394 g/mol. The lowest BCUT2D eigenvalue weighted by Crippen LogP contribution is -2.49. The molecule has 0 spiro atoms. The molecule has 29 heavy (non-hydrogen) atoms. The average molecular weight is 395 g/mol. The van der Waals surface area contributed by atoms with Gasteiger partial charge in [0.1, 0.15) is 6.04 Å². The first-order valence-corrected chi connectivity index (χ1v) is 10.4. The van der Waals surface area contributed by atoms with E-state index in [-0.39, 0.29) is 11.8 Å². The molecule has 0 saturated carbocycles. The summed E-state index contributed by atoms with van der Waals surface area (Å²) in [6, 6.07) is 15.8. The minimum Gasteiger partial charge on any atom is -0.354 e. The molecule has 2 rings (SSSR count). The van der Waals surface area contributed by atoms with Gasteiger partial charge in [-0.3, -0.25) is 9.59 Å². The Kier molecular flexibility index (Phi) is 8.44. The van der Waals surface area contributed by atoms with E-state index in [1.165, 1.54) is 0 Å². The first-order chi connectivity index (χ1) is 13.8. The molecule has 0 bridgehead atoms. The Morgan fingerprint density at radius 2 is 1.55 bits per heavy atom. The standard InChI is InChI=1S/C25H34N2O2/c1-18(2)17-26-25(29)21(5)27(12-11-22-9-7-6-8-10-22)24(28)16-23-14-19(3)13-20(4)15-23/h6-10,13-15,18,21H,11-12,16-17H2,1-5H3,(H,26,29)/t21-/m0/s1. The van der Waals surface area contributed by atoms with Crippen LogP contribution < -0.4 is 5.32 Å². The number of nitrogens with one attached hydrogen (secondary N) is 1. The quantitative estimate of drug-likeness (QED) is 0.697. The molecule has 1 N–H and O–H groups in total. The molecule has 0 aliphatic rings. The van der Waals surface area contributed by atoms with Crippen molar-refractivity contribution in [2.75, 3.05) is 13.1 Å². The van der Waals surface area contributed by atoms with Crippen molar-refractivity contribution in [3.05, 3.63) is 70.8 Å². The van der Waals surface area contributed by atoms with Crippen LogP contribution in [0.25, 0.3) is 0 Å². The Labute approximate surface area is 175 Å². The van der Waals surface area contributed by atoms with E-state index < -0.39 is 6.04 Å². The topological polar surface area (TPSA) is 49.4 Å². The second kappa shape index (κ2) is 10.8. The molecule has 2 aromatic rings. The normalized spacial score (nSPS) is 11.9. The Bertz CT molecular complexity index is 795. The van der Waals surface area contributed by atoms with Gasteiger partial charge in [0.15, 0.2) is 0 Å². The van der Waals surface area contributed by atoms with Crippen molar-refractivity contribution in [2.45, 2.75) is 53.5 Å². The summed E-state index contributed by atoms with van der Waals surface area (Å²) in [5.41, 5.74) is 4.44. The van der Waals surface area contributed by atoms with E-state index in [0.717, 1.165) is 28.7 Å². The first kappa shape index (κ1) is 22.7. The van der Waals surface area contributed by atoms with Crippen LogP contribution in [0.5, 0.6) is 0 Å². The second-order valence-electron chi connectivity index (χ2n) is 8.31. The number of benzene rings is 2. The molecular formula is C25H34N2O2. The van der Waals surface area contributed by atoms with E-state index in [2.05, 4.69) is 37.4 Å². The van der Waals surface area contributed by atoms with E-state index in [1.807, 2.05) is 51.1 Å². The van der Waals surface area contributed by atoms with Crippen LogP contribution in [0, 0.1) is 19.8 Å². The van der Waals surface area contributed by atoms with Gasteiger partial charge < -0.3 is 10.2 Å². The molecule has 156 valence electrons. The van der Waals surface area contributed by atoms with Crippen molar-refractivity contribution in [1.82, 2.24) is 10.2 Å². The summed E-state index contributed by atoms with van der Waals surface area (Å²) in [6.45, 7) is 11.1. The van der Waals surface area contributed by atoms with Crippen LogP contribution in [0.1, 0.15) is 43.0 Å². The zero-order valence-corrected chi connectivity index (χ0v) is 18.4. The first-order valence-electron chi connectivity index (χ1n) is 10.4. The second-order valence-corrected chi connectivity index (χ2v) is 8.31. The number of carbonyl (C=O) groups is 2. The molecule has 0 fully saturated rings. The number of aryl methyl sites for hydroxylation is 2. The zero-order valence-electron chi connectivity index (χ0n) is 18.4. The fraction of sp³-hybridized carbons (Fsp3) is 0.440. The van der Waals surface area contributed by atoms with Crippen LogP contribution in [0.15, 0.2) is 48.5 Å². The molecule has 4 heteroatoms. The van der Waals surface area contributed by atoms with E-state index in [4.69, 9.17) is 0 Å². The van der Waals surface area contributed by atoms with Gasteiger partial charge in [-0.1, -0.05) is 73.5 Å². The molecule has 0 heterocycles. The number of hydrogen-bond donors (Lipinski definition) is 1. The van der Waals surface area contributed by atoms with Crippen LogP contribution in [0.4, 0.5) is 0 Å². The summed E-state index contributed by atoms with van der Waals surface area (Å²) >= 11 is 0. The van der Waals surface area contributed by atoms with Crippen molar-refractivity contribution in [3.8, 4) is 0 Å². The Balaban J connectivity index is 2.15. The Morgan fingerprint density at radius 3 is 2.14 bits per heavy atom. The van der Waals surface area contributed by atoms with Crippen LogP contribution in [0.3, 0.4) is 0 Å². The number of rotatable bonds is 9. The highest BCUT2D eigenvalue weighted by atomic mass is 16.2. The highest BCUT2D eigenvalue weighted by Gasteiger charge is 2.25. The highest BCUT2D eigenvalue weighted by Crippen LogP contribution is 2.13. The maximum Gasteiger partial charge on any atom is 0.242 e. The van der Waals surface area contributed by atoms with Gasteiger partial charge in [0, 0.05) is 13.1 Å². The summed E-state index contributed by atoms with van der Waals surface area (Å²) in [6.07, 6.45) is 1.03. The van der Waals surface area contributed by atoms with E-state index in [0.29, 0.717) is 25.4 Å². The Morgan fingerprint density at radius 1 is 0.931 bits per heavy atom. The van der Waals surface area contributed by atoms with Crippen molar-refractivity contribution in [1.29, 1.82) is 0 Å². The van der Waals surface area contributed by atoms with E-state index >= 15 is 0 Å². The molecule has 2 aromatic carbocycles. The van der Waals surface area contributed by atoms with Gasteiger partial charge in [-0.05, 0) is 44.2 Å². The van der Waals surface area contributed by atoms with Gasteiger partial charge in [-0.25, -0.2) is 0 Å². The molecule has 0 radical (unpaired) electrons. The molecule has 4 nitrogen and oxygen atoms in total. The van der Waals surface area contributed by atoms with Gasteiger partial charge in [-0.15, -0.1) is 0 Å². The lowest BCUT2D eigenvalue weighted by Gasteiger charge is -2.29. The van der Waals surface area contributed by atoms with Crippen molar-refractivity contribution in [2.24, 2.45) is 5.92 Å². The van der Waals surface area contributed by atoms with Crippen LogP contribution in [-0.2, 0) is 22.4 Å². The van der Waals surface area contributed by atoms with Gasteiger partial charge in [0.05, 0.1) is 6.42 Å². The summed E-state index contributed by atoms with van der Waals surface area (Å²) in [5.74, 6) is 0.258. The van der Waals surface area contributed by atoms with Crippen LogP contribution in [-0.4, -0.2) is 35.8 Å². The minimum absolute atomic E-state index is 0.0156. The van der Waals surface area contributed by atoms with Crippen molar-refractivity contribution in [3.63, 3.8) is 0 Å². The van der Waals surface area contributed by atoms with Gasteiger partial charge >= 0.3 is 0 Å². The third kappa shape index (κ3) is 7.37. The molecular weight excluding hydrogens is 360 g/mol. The molecule has 1 atom stereocenters.